The van der Waals surface area contributed by atoms with Gasteiger partial charge in [0.1, 0.15) is 0 Å². The standard InChI is InChI=1S/C17H11NO2S/c1-10-5-4-6-11(9-10)16-18-14-15(20-16)12-7-2-3-8-13(12)21-17(14)19/h2-9H,1H3. The van der Waals surface area contributed by atoms with Crippen LogP contribution in [0.15, 0.2) is 57.7 Å². The summed E-state index contributed by atoms with van der Waals surface area (Å²) in [6, 6.07) is 15.7. The number of hydrogen-bond acceptors (Lipinski definition) is 4. The zero-order valence-electron chi connectivity index (χ0n) is 11.3. The van der Waals surface area contributed by atoms with Gasteiger partial charge >= 0.3 is 0 Å². The van der Waals surface area contributed by atoms with Crippen LogP contribution < -0.4 is 4.74 Å². The van der Waals surface area contributed by atoms with Crippen molar-refractivity contribution in [3.8, 4) is 11.5 Å². The molecule has 0 saturated carbocycles. The molecule has 0 spiro atoms. The summed E-state index contributed by atoms with van der Waals surface area (Å²) in [6.45, 7) is 2.02. The van der Waals surface area contributed by atoms with Crippen LogP contribution >= 0.6 is 11.3 Å². The van der Waals surface area contributed by atoms with Crippen LogP contribution in [0.3, 0.4) is 0 Å². The Morgan fingerprint density at radius 3 is 2.81 bits per heavy atom. The summed E-state index contributed by atoms with van der Waals surface area (Å²) >= 11 is 1.20. The first kappa shape index (κ1) is 12.3. The average Bonchev–Trinajstić information content (AvgIpc) is 2.93. The lowest BCUT2D eigenvalue weighted by Gasteiger charge is -1.96. The van der Waals surface area contributed by atoms with Crippen molar-refractivity contribution in [2.24, 2.45) is 0 Å². The van der Waals surface area contributed by atoms with Gasteiger partial charge in [0.2, 0.25) is 5.89 Å². The number of fused-ring (bicyclic) bond motifs is 3. The van der Waals surface area contributed by atoms with E-state index < -0.39 is 0 Å². The molecule has 2 heterocycles. The van der Waals surface area contributed by atoms with Gasteiger partial charge in [0.15, 0.2) is 11.1 Å². The van der Waals surface area contributed by atoms with E-state index in [2.05, 4.69) is 4.98 Å². The SMILES string of the molecule is Cc1cccc(-c2nc3c(=O)sc4ccccc4c3o2)c1. The second-order valence-electron chi connectivity index (χ2n) is 4.95. The van der Waals surface area contributed by atoms with Gasteiger partial charge in [0, 0.05) is 15.6 Å². The van der Waals surface area contributed by atoms with Crippen molar-refractivity contribution in [3.05, 3.63) is 63.6 Å². The number of oxazole rings is 1. The Kier molecular flexibility index (Phi) is 2.65. The maximum Gasteiger partial charge on any atom is 0.262 e. The molecule has 2 aromatic carbocycles. The zero-order valence-corrected chi connectivity index (χ0v) is 12.1. The van der Waals surface area contributed by atoms with E-state index in [0.29, 0.717) is 17.0 Å². The molecule has 4 heteroatoms. The first-order valence-electron chi connectivity index (χ1n) is 6.62. The average molecular weight is 293 g/mol. The molecule has 4 rings (SSSR count). The summed E-state index contributed by atoms with van der Waals surface area (Å²) in [6.07, 6.45) is 0. The van der Waals surface area contributed by atoms with Gasteiger partial charge < -0.3 is 4.42 Å². The third kappa shape index (κ3) is 1.96. The second kappa shape index (κ2) is 4.53. The predicted molar refractivity (Wildman–Crippen MR) is 85.8 cm³/mol. The molecule has 0 radical (unpaired) electrons. The molecule has 0 aliphatic carbocycles. The molecule has 2 aromatic heterocycles. The fourth-order valence-corrected chi connectivity index (χ4v) is 3.29. The number of aryl methyl sites for hydroxylation is 1. The lowest BCUT2D eigenvalue weighted by molar-refractivity contribution is 0.623. The zero-order chi connectivity index (χ0) is 14.4. The molecule has 0 aliphatic heterocycles. The van der Waals surface area contributed by atoms with Crippen LogP contribution in [0.1, 0.15) is 5.56 Å². The Balaban J connectivity index is 2.08. The fourth-order valence-electron chi connectivity index (χ4n) is 2.43. The molecular weight excluding hydrogens is 282 g/mol. The van der Waals surface area contributed by atoms with Gasteiger partial charge in [0.05, 0.1) is 0 Å². The van der Waals surface area contributed by atoms with Gasteiger partial charge in [-0.3, -0.25) is 4.79 Å². The van der Waals surface area contributed by atoms with Crippen LogP contribution in [0.5, 0.6) is 0 Å². The van der Waals surface area contributed by atoms with Crippen LogP contribution in [0.2, 0.25) is 0 Å². The van der Waals surface area contributed by atoms with Crippen molar-refractivity contribution in [3.63, 3.8) is 0 Å². The van der Waals surface area contributed by atoms with E-state index in [-0.39, 0.29) is 4.74 Å². The third-order valence-electron chi connectivity index (χ3n) is 3.42. The molecule has 3 nitrogen and oxygen atoms in total. The summed E-state index contributed by atoms with van der Waals surface area (Å²) in [5.41, 5.74) is 3.01. The molecule has 102 valence electrons. The van der Waals surface area contributed by atoms with Crippen LogP contribution in [-0.4, -0.2) is 4.98 Å². The summed E-state index contributed by atoms with van der Waals surface area (Å²) < 4.78 is 6.75. The fraction of sp³-hybridized carbons (Fsp3) is 0.0588. The quantitative estimate of drug-likeness (QED) is 0.523. The Hall–Kier alpha value is -2.46. The smallest absolute Gasteiger partial charge is 0.262 e. The van der Waals surface area contributed by atoms with E-state index >= 15 is 0 Å². The van der Waals surface area contributed by atoms with E-state index in [1.807, 2.05) is 55.5 Å². The van der Waals surface area contributed by atoms with Gasteiger partial charge in [-0.25, -0.2) is 4.98 Å². The molecule has 0 N–H and O–H groups in total. The van der Waals surface area contributed by atoms with E-state index in [9.17, 15) is 4.79 Å². The van der Waals surface area contributed by atoms with Gasteiger partial charge in [-0.15, -0.1) is 0 Å². The third-order valence-corrected chi connectivity index (χ3v) is 4.37. The predicted octanol–water partition coefficient (Wildman–Crippen LogP) is 4.38. The molecule has 0 atom stereocenters. The molecule has 4 aromatic rings. The Labute approximate surface area is 124 Å². The summed E-state index contributed by atoms with van der Waals surface area (Å²) in [5, 5.41) is 0.934. The minimum atomic E-state index is -0.0636. The van der Waals surface area contributed by atoms with E-state index in [4.69, 9.17) is 4.42 Å². The topological polar surface area (TPSA) is 43.1 Å². The van der Waals surface area contributed by atoms with E-state index in [1.54, 1.807) is 0 Å². The molecule has 0 aliphatic rings. The molecule has 0 bridgehead atoms. The first-order chi connectivity index (χ1) is 10.2. The van der Waals surface area contributed by atoms with Crippen LogP contribution in [-0.2, 0) is 0 Å². The van der Waals surface area contributed by atoms with Gasteiger partial charge in [-0.05, 0) is 31.2 Å². The molecule has 0 unspecified atom stereocenters. The minimum absolute atomic E-state index is 0.0636. The molecule has 0 saturated heterocycles. The summed E-state index contributed by atoms with van der Waals surface area (Å²) in [5.74, 6) is 0.495. The van der Waals surface area contributed by atoms with Gasteiger partial charge in [-0.2, -0.15) is 0 Å². The number of hydrogen-bond donors (Lipinski definition) is 0. The second-order valence-corrected chi connectivity index (χ2v) is 5.97. The largest absolute Gasteiger partial charge is 0.435 e. The lowest BCUT2D eigenvalue weighted by Crippen LogP contribution is -1.94. The van der Waals surface area contributed by atoms with Crippen molar-refractivity contribution in [1.29, 1.82) is 0 Å². The lowest BCUT2D eigenvalue weighted by atomic mass is 10.1. The number of nitrogens with zero attached hydrogens (tertiary/aromatic N) is 1. The van der Waals surface area contributed by atoms with Crippen molar-refractivity contribution >= 4 is 32.5 Å². The normalized spacial score (nSPS) is 11.3. The Bertz CT molecular complexity index is 1030. The maximum atomic E-state index is 12.2. The highest BCUT2D eigenvalue weighted by Gasteiger charge is 2.14. The number of aromatic nitrogens is 1. The molecule has 0 fully saturated rings. The highest BCUT2D eigenvalue weighted by molar-refractivity contribution is 7.16. The van der Waals surface area contributed by atoms with Crippen molar-refractivity contribution < 1.29 is 4.42 Å². The molecule has 0 amide bonds. The van der Waals surface area contributed by atoms with Crippen LogP contribution in [0.25, 0.3) is 32.6 Å². The van der Waals surface area contributed by atoms with E-state index in [0.717, 1.165) is 21.2 Å². The number of rotatable bonds is 1. The van der Waals surface area contributed by atoms with Crippen molar-refractivity contribution in [2.75, 3.05) is 0 Å². The maximum absolute atomic E-state index is 12.2. The van der Waals surface area contributed by atoms with Gasteiger partial charge in [0.25, 0.3) is 4.74 Å². The minimum Gasteiger partial charge on any atom is -0.435 e. The summed E-state index contributed by atoms with van der Waals surface area (Å²) in [7, 11) is 0. The monoisotopic (exact) mass is 293 g/mol. The molecular formula is C17H11NO2S. The first-order valence-corrected chi connectivity index (χ1v) is 7.43. The van der Waals surface area contributed by atoms with Gasteiger partial charge in [-0.1, -0.05) is 41.2 Å². The summed E-state index contributed by atoms with van der Waals surface area (Å²) in [4.78, 5) is 16.6. The van der Waals surface area contributed by atoms with Crippen LogP contribution in [0, 0.1) is 6.92 Å². The van der Waals surface area contributed by atoms with Crippen molar-refractivity contribution in [2.45, 2.75) is 6.92 Å². The van der Waals surface area contributed by atoms with Crippen LogP contribution in [0.4, 0.5) is 0 Å². The van der Waals surface area contributed by atoms with E-state index in [1.165, 1.54) is 11.3 Å². The Morgan fingerprint density at radius 2 is 1.95 bits per heavy atom. The highest BCUT2D eigenvalue weighted by Crippen LogP contribution is 2.29. The highest BCUT2D eigenvalue weighted by atomic mass is 32.1. The molecule has 21 heavy (non-hydrogen) atoms. The van der Waals surface area contributed by atoms with Crippen molar-refractivity contribution in [1.82, 2.24) is 4.98 Å². The Morgan fingerprint density at radius 1 is 1.10 bits per heavy atom. The number of benzene rings is 2.